The quantitative estimate of drug-likeness (QED) is 0.848. The van der Waals surface area contributed by atoms with Gasteiger partial charge in [-0.3, -0.25) is 9.78 Å². The molecule has 0 aliphatic rings. The van der Waals surface area contributed by atoms with Crippen LogP contribution < -0.4 is 5.32 Å². The average molecular weight is 246 g/mol. The van der Waals surface area contributed by atoms with Crippen LogP contribution in [0.25, 0.3) is 0 Å². The lowest BCUT2D eigenvalue weighted by molar-refractivity contribution is 0.0660. The van der Waals surface area contributed by atoms with Gasteiger partial charge in [-0.15, -0.1) is 0 Å². The zero-order valence-electron chi connectivity index (χ0n) is 9.29. The molecular formula is C12H10N2O4. The number of carbonyl (C=O) groups is 2. The van der Waals surface area contributed by atoms with Gasteiger partial charge in [-0.05, 0) is 24.3 Å². The Kier molecular flexibility index (Phi) is 3.38. The Labute approximate surface area is 102 Å². The highest BCUT2D eigenvalue weighted by atomic mass is 16.4. The molecule has 0 atom stereocenters. The summed E-state index contributed by atoms with van der Waals surface area (Å²) in [7, 11) is 0. The molecule has 18 heavy (non-hydrogen) atoms. The fraction of sp³-hybridized carbons (Fsp3) is 0.0833. The molecular weight excluding hydrogens is 236 g/mol. The van der Waals surface area contributed by atoms with Crippen molar-refractivity contribution in [2.24, 2.45) is 0 Å². The highest BCUT2D eigenvalue weighted by molar-refractivity contribution is 5.92. The molecule has 0 bridgehead atoms. The Morgan fingerprint density at radius 1 is 1.28 bits per heavy atom. The molecule has 0 unspecified atom stereocenters. The van der Waals surface area contributed by atoms with Gasteiger partial charge in [0.15, 0.2) is 0 Å². The van der Waals surface area contributed by atoms with Crippen molar-refractivity contribution in [2.45, 2.75) is 6.54 Å². The number of nitrogens with zero attached hydrogens (tertiary/aromatic N) is 1. The number of carboxylic acid groups (broad SMARTS) is 1. The minimum atomic E-state index is -1.14. The Balaban J connectivity index is 1.95. The predicted molar refractivity (Wildman–Crippen MR) is 61.1 cm³/mol. The molecule has 92 valence electrons. The van der Waals surface area contributed by atoms with E-state index in [0.717, 1.165) is 0 Å². The van der Waals surface area contributed by atoms with E-state index in [4.69, 9.17) is 9.52 Å². The van der Waals surface area contributed by atoms with E-state index in [1.807, 2.05) is 0 Å². The molecule has 0 aromatic carbocycles. The summed E-state index contributed by atoms with van der Waals surface area (Å²) in [6.07, 6.45) is 1.52. The van der Waals surface area contributed by atoms with Crippen LogP contribution in [0, 0.1) is 0 Å². The first-order valence-corrected chi connectivity index (χ1v) is 5.18. The van der Waals surface area contributed by atoms with Gasteiger partial charge in [0.25, 0.3) is 5.91 Å². The van der Waals surface area contributed by atoms with E-state index in [-0.39, 0.29) is 18.2 Å². The molecule has 0 spiro atoms. The van der Waals surface area contributed by atoms with Crippen molar-refractivity contribution < 1.29 is 19.1 Å². The molecule has 2 aromatic heterocycles. The van der Waals surface area contributed by atoms with Gasteiger partial charge in [0.05, 0.1) is 6.54 Å². The van der Waals surface area contributed by atoms with Gasteiger partial charge >= 0.3 is 5.97 Å². The topological polar surface area (TPSA) is 92.4 Å². The van der Waals surface area contributed by atoms with Gasteiger partial charge in [-0.2, -0.15) is 0 Å². The molecule has 1 amide bonds. The van der Waals surface area contributed by atoms with Gasteiger partial charge in [0, 0.05) is 6.20 Å². The number of pyridine rings is 1. The number of rotatable bonds is 4. The average Bonchev–Trinajstić information content (AvgIpc) is 2.86. The number of furan rings is 1. The molecule has 0 saturated carbocycles. The van der Waals surface area contributed by atoms with Crippen LogP contribution in [0.1, 0.15) is 26.8 Å². The van der Waals surface area contributed by atoms with Crippen molar-refractivity contribution in [3.05, 3.63) is 53.7 Å². The third kappa shape index (κ3) is 2.73. The van der Waals surface area contributed by atoms with Gasteiger partial charge in [0.1, 0.15) is 11.5 Å². The molecule has 2 heterocycles. The number of carboxylic acids is 1. The Morgan fingerprint density at radius 2 is 2.11 bits per heavy atom. The third-order valence-electron chi connectivity index (χ3n) is 2.19. The number of carbonyl (C=O) groups excluding carboxylic acids is 1. The summed E-state index contributed by atoms with van der Waals surface area (Å²) in [6.45, 7) is 0.114. The smallest absolute Gasteiger partial charge is 0.371 e. The van der Waals surface area contributed by atoms with Gasteiger partial charge in [-0.1, -0.05) is 6.07 Å². The first-order chi connectivity index (χ1) is 8.66. The maximum atomic E-state index is 11.6. The van der Waals surface area contributed by atoms with Crippen molar-refractivity contribution >= 4 is 11.9 Å². The summed E-state index contributed by atoms with van der Waals surface area (Å²) in [5.41, 5.74) is 0.294. The number of hydrogen-bond donors (Lipinski definition) is 2. The van der Waals surface area contributed by atoms with E-state index < -0.39 is 5.97 Å². The van der Waals surface area contributed by atoms with Gasteiger partial charge in [-0.25, -0.2) is 4.79 Å². The lowest BCUT2D eigenvalue weighted by atomic mass is 10.3. The lowest BCUT2D eigenvalue weighted by Gasteiger charge is -2.01. The Bertz CT molecular complexity index is 562. The van der Waals surface area contributed by atoms with E-state index in [1.165, 1.54) is 18.3 Å². The van der Waals surface area contributed by atoms with E-state index in [9.17, 15) is 9.59 Å². The highest BCUT2D eigenvalue weighted by Crippen LogP contribution is 2.07. The molecule has 0 aliphatic heterocycles. The van der Waals surface area contributed by atoms with E-state index in [0.29, 0.717) is 11.5 Å². The zero-order chi connectivity index (χ0) is 13.0. The second kappa shape index (κ2) is 5.13. The number of amides is 1. The van der Waals surface area contributed by atoms with Crippen molar-refractivity contribution in [2.75, 3.05) is 0 Å². The van der Waals surface area contributed by atoms with Crippen molar-refractivity contribution in [1.82, 2.24) is 10.3 Å². The molecule has 0 radical (unpaired) electrons. The third-order valence-corrected chi connectivity index (χ3v) is 2.19. The predicted octanol–water partition coefficient (Wildman–Crippen LogP) is 1.30. The molecule has 0 aliphatic carbocycles. The maximum absolute atomic E-state index is 11.6. The normalized spacial score (nSPS) is 10.0. The van der Waals surface area contributed by atoms with Crippen LogP contribution in [-0.2, 0) is 6.54 Å². The molecule has 2 aromatic rings. The van der Waals surface area contributed by atoms with Gasteiger partial charge < -0.3 is 14.8 Å². The summed E-state index contributed by atoms with van der Waals surface area (Å²) in [5, 5.41) is 11.2. The van der Waals surface area contributed by atoms with Crippen LogP contribution in [-0.4, -0.2) is 22.0 Å². The summed E-state index contributed by atoms with van der Waals surface area (Å²) < 4.78 is 5.00. The summed E-state index contributed by atoms with van der Waals surface area (Å²) in [5.74, 6) is -1.27. The molecule has 0 saturated heterocycles. The van der Waals surface area contributed by atoms with E-state index in [1.54, 1.807) is 18.2 Å². The number of nitrogens with one attached hydrogen (secondary N) is 1. The highest BCUT2D eigenvalue weighted by Gasteiger charge is 2.10. The Morgan fingerprint density at radius 3 is 2.72 bits per heavy atom. The summed E-state index contributed by atoms with van der Waals surface area (Å²) in [6, 6.07) is 7.84. The fourth-order valence-electron chi connectivity index (χ4n) is 1.34. The number of aromatic carboxylic acids is 1. The fourth-order valence-corrected chi connectivity index (χ4v) is 1.34. The largest absolute Gasteiger partial charge is 0.475 e. The lowest BCUT2D eigenvalue weighted by Crippen LogP contribution is -2.23. The minimum Gasteiger partial charge on any atom is -0.475 e. The summed E-state index contributed by atoms with van der Waals surface area (Å²) in [4.78, 5) is 26.1. The maximum Gasteiger partial charge on any atom is 0.371 e. The number of aromatic nitrogens is 1. The van der Waals surface area contributed by atoms with Crippen LogP contribution in [0.15, 0.2) is 40.9 Å². The molecule has 6 nitrogen and oxygen atoms in total. The summed E-state index contributed by atoms with van der Waals surface area (Å²) >= 11 is 0. The second-order valence-corrected chi connectivity index (χ2v) is 3.47. The standard InChI is InChI=1S/C12H10N2O4/c15-11(9-3-1-2-6-13-9)14-7-8-4-5-10(18-8)12(16)17/h1-6H,7H2,(H,14,15)(H,16,17). The van der Waals surface area contributed by atoms with Crippen molar-refractivity contribution in [3.63, 3.8) is 0 Å². The monoisotopic (exact) mass is 246 g/mol. The van der Waals surface area contributed by atoms with Crippen LogP contribution in [0.2, 0.25) is 0 Å². The molecule has 0 fully saturated rings. The Hall–Kier alpha value is -2.63. The first-order valence-electron chi connectivity index (χ1n) is 5.18. The van der Waals surface area contributed by atoms with Crippen LogP contribution in [0.3, 0.4) is 0 Å². The van der Waals surface area contributed by atoms with Crippen molar-refractivity contribution in [1.29, 1.82) is 0 Å². The minimum absolute atomic E-state index is 0.114. The van der Waals surface area contributed by atoms with E-state index >= 15 is 0 Å². The van der Waals surface area contributed by atoms with Crippen LogP contribution in [0.4, 0.5) is 0 Å². The van der Waals surface area contributed by atoms with E-state index in [2.05, 4.69) is 10.3 Å². The van der Waals surface area contributed by atoms with Gasteiger partial charge in [0.2, 0.25) is 5.76 Å². The van der Waals surface area contributed by atoms with Crippen molar-refractivity contribution in [3.8, 4) is 0 Å². The van der Waals surface area contributed by atoms with Crippen LogP contribution >= 0.6 is 0 Å². The molecule has 6 heteroatoms. The zero-order valence-corrected chi connectivity index (χ0v) is 9.29. The van der Waals surface area contributed by atoms with Crippen LogP contribution in [0.5, 0.6) is 0 Å². The number of hydrogen-bond acceptors (Lipinski definition) is 4. The second-order valence-electron chi connectivity index (χ2n) is 3.47. The first kappa shape index (κ1) is 11.8. The SMILES string of the molecule is O=C(NCc1ccc(C(=O)O)o1)c1ccccn1. The molecule has 2 rings (SSSR count). The molecule has 2 N–H and O–H groups in total.